The van der Waals surface area contributed by atoms with Crippen LogP contribution in [0.2, 0.25) is 0 Å². The summed E-state index contributed by atoms with van der Waals surface area (Å²) in [6.07, 6.45) is 1.35. The lowest BCUT2D eigenvalue weighted by Gasteiger charge is -2.09. The number of hydrogen-bond acceptors (Lipinski definition) is 6. The van der Waals surface area contributed by atoms with E-state index < -0.39 is 0 Å². The number of carbonyl (C=O) groups is 1. The molecule has 0 fully saturated rings. The quantitative estimate of drug-likeness (QED) is 0.750. The molecule has 0 aliphatic carbocycles. The van der Waals surface area contributed by atoms with E-state index in [0.29, 0.717) is 17.3 Å². The number of rotatable bonds is 4. The summed E-state index contributed by atoms with van der Waals surface area (Å²) in [7, 11) is 0. The minimum absolute atomic E-state index is 0.218. The molecular formula is C19H16N4O3. The van der Waals surface area contributed by atoms with Gasteiger partial charge in [-0.3, -0.25) is 4.79 Å². The number of hydrogen-bond donors (Lipinski definition) is 2. The van der Waals surface area contributed by atoms with Crippen LogP contribution in [0.25, 0.3) is 0 Å². The zero-order valence-electron chi connectivity index (χ0n) is 14.0. The molecule has 0 unspecified atom stereocenters. The first kappa shape index (κ1) is 15.9. The van der Waals surface area contributed by atoms with Gasteiger partial charge in [0, 0.05) is 23.5 Å². The first-order chi connectivity index (χ1) is 12.7. The molecule has 1 aromatic heterocycles. The second kappa shape index (κ2) is 6.72. The van der Waals surface area contributed by atoms with Gasteiger partial charge in [0.15, 0.2) is 11.5 Å². The summed E-state index contributed by atoms with van der Waals surface area (Å²) in [5.74, 6) is 1.59. The van der Waals surface area contributed by atoms with E-state index in [1.165, 1.54) is 6.33 Å². The summed E-state index contributed by atoms with van der Waals surface area (Å²) in [5, 5.41) is 6.00. The average Bonchev–Trinajstić information content (AvgIpc) is 3.11. The van der Waals surface area contributed by atoms with Gasteiger partial charge in [-0.25, -0.2) is 9.97 Å². The van der Waals surface area contributed by atoms with Gasteiger partial charge in [0.25, 0.3) is 5.91 Å². The molecule has 2 heterocycles. The molecule has 1 aliphatic heterocycles. The highest BCUT2D eigenvalue weighted by molar-refractivity contribution is 6.03. The Balaban J connectivity index is 1.51. The van der Waals surface area contributed by atoms with Crippen LogP contribution < -0.4 is 20.1 Å². The normalized spacial score (nSPS) is 11.9. The smallest absolute Gasteiger partial charge is 0.274 e. The molecule has 26 heavy (non-hydrogen) atoms. The van der Waals surface area contributed by atoms with Crippen LogP contribution in [0, 0.1) is 6.92 Å². The van der Waals surface area contributed by atoms with Gasteiger partial charge in [0.2, 0.25) is 6.79 Å². The van der Waals surface area contributed by atoms with Crippen LogP contribution in [-0.2, 0) is 0 Å². The second-order valence-electron chi connectivity index (χ2n) is 5.75. The van der Waals surface area contributed by atoms with Gasteiger partial charge in [-0.15, -0.1) is 0 Å². The number of aromatic nitrogens is 2. The van der Waals surface area contributed by atoms with Crippen LogP contribution in [0.5, 0.6) is 11.5 Å². The number of carbonyl (C=O) groups excluding carboxylic acids is 1. The van der Waals surface area contributed by atoms with Crippen LogP contribution in [0.1, 0.15) is 16.1 Å². The molecule has 3 aromatic rings. The molecule has 0 spiro atoms. The van der Waals surface area contributed by atoms with E-state index >= 15 is 0 Å². The maximum atomic E-state index is 12.5. The number of nitrogens with one attached hydrogen (secondary N) is 2. The molecule has 7 nitrogen and oxygen atoms in total. The third-order valence-electron chi connectivity index (χ3n) is 3.94. The van der Waals surface area contributed by atoms with Gasteiger partial charge < -0.3 is 20.1 Å². The molecule has 2 aromatic carbocycles. The standard InChI is InChI=1S/C19H16N4O3/c1-12-4-2-3-5-14(12)23-19(24)15-9-18(21-10-20-15)22-13-6-7-16-17(8-13)26-11-25-16/h2-10H,11H2,1H3,(H,23,24)(H,20,21,22). The number of benzene rings is 2. The molecule has 0 saturated carbocycles. The minimum Gasteiger partial charge on any atom is -0.454 e. The number of para-hydroxylation sites is 1. The van der Waals surface area contributed by atoms with Crippen molar-refractivity contribution in [2.45, 2.75) is 6.92 Å². The number of anilines is 3. The Kier molecular flexibility index (Phi) is 4.10. The van der Waals surface area contributed by atoms with Gasteiger partial charge in [-0.2, -0.15) is 0 Å². The fourth-order valence-corrected chi connectivity index (χ4v) is 2.57. The van der Waals surface area contributed by atoms with Crippen molar-refractivity contribution < 1.29 is 14.3 Å². The van der Waals surface area contributed by atoms with Gasteiger partial charge in [-0.05, 0) is 30.7 Å². The van der Waals surface area contributed by atoms with Crippen molar-refractivity contribution in [3.63, 3.8) is 0 Å². The predicted molar refractivity (Wildman–Crippen MR) is 97.0 cm³/mol. The first-order valence-electron chi connectivity index (χ1n) is 8.05. The number of ether oxygens (including phenoxy) is 2. The van der Waals surface area contributed by atoms with Crippen LogP contribution in [0.4, 0.5) is 17.2 Å². The van der Waals surface area contributed by atoms with Crippen molar-refractivity contribution in [1.82, 2.24) is 9.97 Å². The highest BCUT2D eigenvalue weighted by Gasteiger charge is 2.14. The fourth-order valence-electron chi connectivity index (χ4n) is 2.57. The summed E-state index contributed by atoms with van der Waals surface area (Å²) < 4.78 is 10.6. The maximum absolute atomic E-state index is 12.5. The third kappa shape index (κ3) is 3.27. The van der Waals surface area contributed by atoms with E-state index in [1.54, 1.807) is 6.07 Å². The Morgan fingerprint density at radius 3 is 2.77 bits per heavy atom. The van der Waals surface area contributed by atoms with Crippen molar-refractivity contribution in [1.29, 1.82) is 0 Å². The fraction of sp³-hybridized carbons (Fsp3) is 0.105. The maximum Gasteiger partial charge on any atom is 0.274 e. The van der Waals surface area contributed by atoms with E-state index in [-0.39, 0.29) is 18.4 Å². The zero-order chi connectivity index (χ0) is 17.9. The van der Waals surface area contributed by atoms with Crippen LogP contribution >= 0.6 is 0 Å². The van der Waals surface area contributed by atoms with Gasteiger partial charge in [0.05, 0.1) is 0 Å². The van der Waals surface area contributed by atoms with Crippen LogP contribution in [0.3, 0.4) is 0 Å². The third-order valence-corrected chi connectivity index (χ3v) is 3.94. The Hall–Kier alpha value is -3.61. The molecule has 130 valence electrons. The Morgan fingerprint density at radius 2 is 1.88 bits per heavy atom. The molecule has 2 N–H and O–H groups in total. The molecule has 0 bridgehead atoms. The predicted octanol–water partition coefficient (Wildman–Crippen LogP) is 3.51. The van der Waals surface area contributed by atoms with Crippen LogP contribution in [0.15, 0.2) is 54.9 Å². The van der Waals surface area contributed by atoms with E-state index in [0.717, 1.165) is 16.9 Å². The van der Waals surface area contributed by atoms with Gasteiger partial charge in [-0.1, -0.05) is 18.2 Å². The van der Waals surface area contributed by atoms with E-state index in [9.17, 15) is 4.79 Å². The van der Waals surface area contributed by atoms with E-state index in [2.05, 4.69) is 20.6 Å². The van der Waals surface area contributed by atoms with Crippen LogP contribution in [-0.4, -0.2) is 22.7 Å². The van der Waals surface area contributed by atoms with E-state index in [1.807, 2.05) is 49.4 Å². The van der Waals surface area contributed by atoms with Gasteiger partial charge >= 0.3 is 0 Å². The Labute approximate surface area is 150 Å². The molecule has 1 amide bonds. The largest absolute Gasteiger partial charge is 0.454 e. The number of nitrogens with zero attached hydrogens (tertiary/aromatic N) is 2. The molecule has 1 aliphatic rings. The topological polar surface area (TPSA) is 85.4 Å². The monoisotopic (exact) mass is 348 g/mol. The molecular weight excluding hydrogens is 332 g/mol. The van der Waals surface area contributed by atoms with Crippen molar-refractivity contribution >= 4 is 23.1 Å². The number of amides is 1. The SMILES string of the molecule is Cc1ccccc1NC(=O)c1cc(Nc2ccc3c(c2)OCO3)ncn1. The van der Waals surface area contributed by atoms with Gasteiger partial charge in [0.1, 0.15) is 17.8 Å². The Bertz CT molecular complexity index is 975. The lowest BCUT2D eigenvalue weighted by Crippen LogP contribution is -2.15. The van der Waals surface area contributed by atoms with Crippen molar-refractivity contribution in [2.24, 2.45) is 0 Å². The molecule has 7 heteroatoms. The first-order valence-corrected chi connectivity index (χ1v) is 8.05. The summed E-state index contributed by atoms with van der Waals surface area (Å²) >= 11 is 0. The Morgan fingerprint density at radius 1 is 1.04 bits per heavy atom. The zero-order valence-corrected chi connectivity index (χ0v) is 14.0. The van der Waals surface area contributed by atoms with Crippen molar-refractivity contribution in [2.75, 3.05) is 17.4 Å². The van der Waals surface area contributed by atoms with Crippen molar-refractivity contribution in [3.05, 3.63) is 66.1 Å². The highest BCUT2D eigenvalue weighted by Crippen LogP contribution is 2.34. The molecule has 0 saturated heterocycles. The van der Waals surface area contributed by atoms with Crippen molar-refractivity contribution in [3.8, 4) is 11.5 Å². The average molecular weight is 348 g/mol. The summed E-state index contributed by atoms with van der Waals surface area (Å²) in [6.45, 7) is 2.15. The molecule has 4 rings (SSSR count). The summed E-state index contributed by atoms with van der Waals surface area (Å²) in [5.41, 5.74) is 2.78. The minimum atomic E-state index is -0.296. The number of aryl methyl sites for hydroxylation is 1. The molecule has 0 atom stereocenters. The highest BCUT2D eigenvalue weighted by atomic mass is 16.7. The lowest BCUT2D eigenvalue weighted by atomic mass is 10.2. The van der Waals surface area contributed by atoms with E-state index in [4.69, 9.17) is 9.47 Å². The summed E-state index contributed by atoms with van der Waals surface area (Å²) in [6, 6.07) is 14.6. The molecule has 0 radical (unpaired) electrons. The second-order valence-corrected chi connectivity index (χ2v) is 5.75. The lowest BCUT2D eigenvalue weighted by molar-refractivity contribution is 0.102. The number of fused-ring (bicyclic) bond motifs is 1. The summed E-state index contributed by atoms with van der Waals surface area (Å²) in [4.78, 5) is 20.7.